The Morgan fingerprint density at radius 2 is 2.07 bits per heavy atom. The molecule has 0 aromatic carbocycles. The zero-order valence-corrected chi connectivity index (χ0v) is 8.54. The van der Waals surface area contributed by atoms with Gasteiger partial charge >= 0.3 is 6.03 Å². The van der Waals surface area contributed by atoms with Crippen LogP contribution in [0.25, 0.3) is 0 Å². The second kappa shape index (κ2) is 4.03. The van der Waals surface area contributed by atoms with Crippen molar-refractivity contribution < 1.29 is 4.79 Å². The fraction of sp³-hybridized carbons (Fsp3) is 0.727. The molecule has 78 valence electrons. The van der Waals surface area contributed by atoms with E-state index in [0.29, 0.717) is 6.54 Å². The van der Waals surface area contributed by atoms with Crippen LogP contribution in [0.1, 0.15) is 19.3 Å². The Kier molecular flexibility index (Phi) is 2.75. The quantitative estimate of drug-likeness (QED) is 0.665. The Morgan fingerprint density at radius 3 is 2.64 bits per heavy atom. The molecular weight excluding hydrogens is 176 g/mol. The van der Waals surface area contributed by atoms with Crippen LogP contribution in [0.4, 0.5) is 4.79 Å². The minimum atomic E-state index is 0.0827. The van der Waals surface area contributed by atoms with E-state index >= 15 is 0 Å². The maximum atomic E-state index is 11.6. The van der Waals surface area contributed by atoms with Crippen molar-refractivity contribution in [2.45, 2.75) is 19.3 Å². The van der Waals surface area contributed by atoms with Gasteiger partial charge in [-0.3, -0.25) is 0 Å². The van der Waals surface area contributed by atoms with Crippen LogP contribution in [-0.2, 0) is 0 Å². The Hall–Kier alpha value is -0.990. The SMILES string of the molecule is C=CCNC(=O)N1CC2CCCC2C1. The number of carbonyl (C=O) groups is 1. The van der Waals surface area contributed by atoms with Crippen molar-refractivity contribution in [3.05, 3.63) is 12.7 Å². The third-order valence-electron chi connectivity index (χ3n) is 3.41. The molecule has 2 fully saturated rings. The predicted molar refractivity (Wildman–Crippen MR) is 56.0 cm³/mol. The molecule has 2 unspecified atom stereocenters. The molecule has 1 saturated heterocycles. The number of rotatable bonds is 2. The first-order chi connectivity index (χ1) is 6.81. The van der Waals surface area contributed by atoms with Crippen molar-refractivity contribution in [2.75, 3.05) is 19.6 Å². The molecule has 0 bridgehead atoms. The average molecular weight is 194 g/mol. The van der Waals surface area contributed by atoms with E-state index in [0.717, 1.165) is 24.9 Å². The van der Waals surface area contributed by atoms with Crippen molar-refractivity contribution in [3.63, 3.8) is 0 Å². The van der Waals surface area contributed by atoms with Gasteiger partial charge in [0, 0.05) is 19.6 Å². The molecule has 3 heteroatoms. The lowest BCUT2D eigenvalue weighted by Crippen LogP contribution is -2.38. The van der Waals surface area contributed by atoms with Crippen molar-refractivity contribution in [3.8, 4) is 0 Å². The van der Waals surface area contributed by atoms with E-state index in [1.165, 1.54) is 19.3 Å². The highest BCUT2D eigenvalue weighted by atomic mass is 16.2. The molecular formula is C11H18N2O. The van der Waals surface area contributed by atoms with Crippen LogP contribution in [0.3, 0.4) is 0 Å². The van der Waals surface area contributed by atoms with Gasteiger partial charge in [0.05, 0.1) is 0 Å². The number of hydrogen-bond acceptors (Lipinski definition) is 1. The molecule has 2 aliphatic rings. The number of hydrogen-bond donors (Lipinski definition) is 1. The first kappa shape index (κ1) is 9.56. The van der Waals surface area contributed by atoms with E-state index in [1.807, 2.05) is 4.90 Å². The molecule has 1 aliphatic heterocycles. The van der Waals surface area contributed by atoms with Gasteiger partial charge in [-0.25, -0.2) is 4.79 Å². The van der Waals surface area contributed by atoms with E-state index in [2.05, 4.69) is 11.9 Å². The second-order valence-corrected chi connectivity index (χ2v) is 4.33. The topological polar surface area (TPSA) is 32.3 Å². The lowest BCUT2D eigenvalue weighted by Gasteiger charge is -2.17. The molecule has 0 spiro atoms. The third kappa shape index (κ3) is 1.76. The number of carbonyl (C=O) groups excluding carboxylic acids is 1. The Bertz CT molecular complexity index is 227. The monoisotopic (exact) mass is 194 g/mol. The molecule has 1 aliphatic carbocycles. The van der Waals surface area contributed by atoms with Gasteiger partial charge in [-0.2, -0.15) is 0 Å². The molecule has 1 heterocycles. The van der Waals surface area contributed by atoms with Gasteiger partial charge in [0.2, 0.25) is 0 Å². The van der Waals surface area contributed by atoms with Crippen molar-refractivity contribution >= 4 is 6.03 Å². The summed E-state index contributed by atoms with van der Waals surface area (Å²) < 4.78 is 0. The van der Waals surface area contributed by atoms with Crippen LogP contribution < -0.4 is 5.32 Å². The lowest BCUT2D eigenvalue weighted by atomic mass is 10.0. The molecule has 3 nitrogen and oxygen atoms in total. The van der Waals surface area contributed by atoms with Crippen LogP contribution in [0.2, 0.25) is 0 Å². The van der Waals surface area contributed by atoms with Crippen molar-refractivity contribution in [1.29, 1.82) is 0 Å². The lowest BCUT2D eigenvalue weighted by molar-refractivity contribution is 0.206. The highest BCUT2D eigenvalue weighted by molar-refractivity contribution is 5.74. The summed E-state index contributed by atoms with van der Waals surface area (Å²) in [7, 11) is 0. The standard InChI is InChI=1S/C11H18N2O/c1-2-6-12-11(14)13-7-9-4-3-5-10(9)8-13/h2,9-10H,1,3-8H2,(H,12,14). The number of urea groups is 1. The highest BCUT2D eigenvalue weighted by Crippen LogP contribution is 2.37. The smallest absolute Gasteiger partial charge is 0.317 e. The van der Waals surface area contributed by atoms with Gasteiger partial charge in [-0.1, -0.05) is 12.5 Å². The fourth-order valence-electron chi connectivity index (χ4n) is 2.67. The molecule has 0 aromatic heterocycles. The summed E-state index contributed by atoms with van der Waals surface area (Å²) in [6.07, 6.45) is 5.71. The molecule has 14 heavy (non-hydrogen) atoms. The summed E-state index contributed by atoms with van der Waals surface area (Å²) in [5.41, 5.74) is 0. The maximum Gasteiger partial charge on any atom is 0.317 e. The predicted octanol–water partition coefficient (Wildman–Crippen LogP) is 1.61. The molecule has 2 amide bonds. The van der Waals surface area contributed by atoms with Crippen LogP contribution in [0, 0.1) is 11.8 Å². The van der Waals surface area contributed by atoms with E-state index in [9.17, 15) is 4.79 Å². The molecule has 0 radical (unpaired) electrons. The molecule has 1 saturated carbocycles. The van der Waals surface area contributed by atoms with Gasteiger partial charge in [0.15, 0.2) is 0 Å². The van der Waals surface area contributed by atoms with Gasteiger partial charge in [0.1, 0.15) is 0 Å². The summed E-state index contributed by atoms with van der Waals surface area (Å²) in [4.78, 5) is 13.6. The molecule has 2 atom stereocenters. The van der Waals surface area contributed by atoms with Crippen LogP contribution >= 0.6 is 0 Å². The third-order valence-corrected chi connectivity index (χ3v) is 3.41. The first-order valence-corrected chi connectivity index (χ1v) is 5.45. The van der Waals surface area contributed by atoms with Crippen LogP contribution in [0.15, 0.2) is 12.7 Å². The molecule has 2 rings (SSSR count). The van der Waals surface area contributed by atoms with Crippen LogP contribution in [0.5, 0.6) is 0 Å². The minimum absolute atomic E-state index is 0.0827. The zero-order valence-electron chi connectivity index (χ0n) is 8.54. The molecule has 0 aromatic rings. The van der Waals surface area contributed by atoms with Gasteiger partial charge in [-0.05, 0) is 24.7 Å². The fourth-order valence-corrected chi connectivity index (χ4v) is 2.67. The highest BCUT2D eigenvalue weighted by Gasteiger charge is 2.37. The van der Waals surface area contributed by atoms with E-state index in [1.54, 1.807) is 6.08 Å². The van der Waals surface area contributed by atoms with Crippen molar-refractivity contribution in [1.82, 2.24) is 10.2 Å². The summed E-state index contributed by atoms with van der Waals surface area (Å²) in [5.74, 6) is 1.56. The molecule has 1 N–H and O–H groups in total. The van der Waals surface area contributed by atoms with E-state index in [4.69, 9.17) is 0 Å². The first-order valence-electron chi connectivity index (χ1n) is 5.45. The number of fused-ring (bicyclic) bond motifs is 1. The van der Waals surface area contributed by atoms with Gasteiger partial charge < -0.3 is 10.2 Å². The van der Waals surface area contributed by atoms with Gasteiger partial charge in [0.25, 0.3) is 0 Å². The number of amides is 2. The average Bonchev–Trinajstić information content (AvgIpc) is 2.72. The van der Waals surface area contributed by atoms with E-state index < -0.39 is 0 Å². The Morgan fingerprint density at radius 1 is 1.43 bits per heavy atom. The van der Waals surface area contributed by atoms with Crippen molar-refractivity contribution in [2.24, 2.45) is 11.8 Å². The largest absolute Gasteiger partial charge is 0.335 e. The maximum absolute atomic E-state index is 11.6. The normalized spacial score (nSPS) is 30.1. The van der Waals surface area contributed by atoms with Crippen LogP contribution in [-0.4, -0.2) is 30.6 Å². The Balaban J connectivity index is 1.83. The number of likely N-dealkylation sites (tertiary alicyclic amines) is 1. The minimum Gasteiger partial charge on any atom is -0.335 e. The number of nitrogens with one attached hydrogen (secondary N) is 1. The van der Waals surface area contributed by atoms with E-state index in [-0.39, 0.29) is 6.03 Å². The zero-order chi connectivity index (χ0) is 9.97. The van der Waals surface area contributed by atoms with Gasteiger partial charge in [-0.15, -0.1) is 6.58 Å². The summed E-state index contributed by atoms with van der Waals surface area (Å²) >= 11 is 0. The number of nitrogens with zero attached hydrogens (tertiary/aromatic N) is 1. The summed E-state index contributed by atoms with van der Waals surface area (Å²) in [5, 5.41) is 2.83. The Labute approximate surface area is 85.2 Å². The summed E-state index contributed by atoms with van der Waals surface area (Å²) in [6, 6.07) is 0.0827. The summed E-state index contributed by atoms with van der Waals surface area (Å²) in [6.45, 7) is 6.09. The second-order valence-electron chi connectivity index (χ2n) is 4.33.